The van der Waals surface area contributed by atoms with Crippen molar-refractivity contribution in [2.75, 3.05) is 11.1 Å². The molecule has 4 nitrogen and oxygen atoms in total. The molecule has 4 heteroatoms. The number of nitrogen functional groups attached to an aromatic ring is 1. The molecule has 0 unspecified atom stereocenters. The second-order valence-corrected chi connectivity index (χ2v) is 4.41. The molecule has 0 spiro atoms. The Kier molecular flexibility index (Phi) is 3.71. The molecule has 19 heavy (non-hydrogen) atoms. The number of aryl methyl sites for hydroxylation is 1. The summed E-state index contributed by atoms with van der Waals surface area (Å²) in [6.07, 6.45) is 0. The van der Waals surface area contributed by atoms with Crippen molar-refractivity contribution in [3.8, 4) is 0 Å². The van der Waals surface area contributed by atoms with Gasteiger partial charge in [-0.05, 0) is 24.6 Å². The number of anilines is 2. The second-order valence-electron chi connectivity index (χ2n) is 4.41. The average Bonchev–Trinajstić information content (AvgIpc) is 2.37. The Balaban J connectivity index is 2.16. The maximum Gasteiger partial charge on any atom is 0.337 e. The Bertz CT molecular complexity index is 609. The monoisotopic (exact) mass is 256 g/mol. The van der Waals surface area contributed by atoms with Gasteiger partial charge >= 0.3 is 5.97 Å². The standard InChI is InChI=1S/C15H16N2O2/c1-10-4-2-5-11(8-10)9-17-13-7-3-6-12(14(13)16)15(18)19/h2-8,17H,9,16H2,1H3,(H,18,19). The van der Waals surface area contributed by atoms with E-state index in [2.05, 4.69) is 11.4 Å². The van der Waals surface area contributed by atoms with Gasteiger partial charge in [0, 0.05) is 6.54 Å². The van der Waals surface area contributed by atoms with Crippen molar-refractivity contribution >= 4 is 17.3 Å². The summed E-state index contributed by atoms with van der Waals surface area (Å²) in [5, 5.41) is 12.2. The van der Waals surface area contributed by atoms with Crippen LogP contribution in [0.1, 0.15) is 21.5 Å². The van der Waals surface area contributed by atoms with Crippen LogP contribution in [0.5, 0.6) is 0 Å². The van der Waals surface area contributed by atoms with Gasteiger partial charge < -0.3 is 16.2 Å². The fourth-order valence-electron chi connectivity index (χ4n) is 1.93. The minimum Gasteiger partial charge on any atom is -0.478 e. The molecule has 0 atom stereocenters. The molecule has 2 aromatic carbocycles. The van der Waals surface area contributed by atoms with Gasteiger partial charge in [0.15, 0.2) is 0 Å². The van der Waals surface area contributed by atoms with E-state index in [4.69, 9.17) is 10.8 Å². The van der Waals surface area contributed by atoms with Gasteiger partial charge in [0.2, 0.25) is 0 Å². The second kappa shape index (κ2) is 5.44. The lowest BCUT2D eigenvalue weighted by Gasteiger charge is -2.11. The zero-order valence-corrected chi connectivity index (χ0v) is 10.7. The van der Waals surface area contributed by atoms with Gasteiger partial charge in [0.1, 0.15) is 0 Å². The Labute approximate surface area is 111 Å². The first kappa shape index (κ1) is 13.0. The molecule has 0 aliphatic carbocycles. The molecule has 4 N–H and O–H groups in total. The molecule has 0 aliphatic heterocycles. The number of carbonyl (C=O) groups is 1. The summed E-state index contributed by atoms with van der Waals surface area (Å²) in [5.41, 5.74) is 9.17. The summed E-state index contributed by atoms with van der Waals surface area (Å²) in [4.78, 5) is 11.0. The van der Waals surface area contributed by atoms with Crippen LogP contribution in [0.25, 0.3) is 0 Å². The van der Waals surface area contributed by atoms with Crippen LogP contribution in [0.2, 0.25) is 0 Å². The van der Waals surface area contributed by atoms with Gasteiger partial charge in [-0.3, -0.25) is 0 Å². The van der Waals surface area contributed by atoms with Crippen molar-refractivity contribution in [3.05, 3.63) is 59.2 Å². The molecule has 0 saturated carbocycles. The van der Waals surface area contributed by atoms with Crippen LogP contribution in [-0.4, -0.2) is 11.1 Å². The topological polar surface area (TPSA) is 75.3 Å². The first-order valence-electron chi connectivity index (χ1n) is 5.99. The number of hydrogen-bond acceptors (Lipinski definition) is 3. The van der Waals surface area contributed by atoms with E-state index in [1.165, 1.54) is 11.6 Å². The number of rotatable bonds is 4. The molecule has 0 aliphatic rings. The van der Waals surface area contributed by atoms with Crippen molar-refractivity contribution < 1.29 is 9.90 Å². The van der Waals surface area contributed by atoms with Crippen LogP contribution in [0.3, 0.4) is 0 Å². The maximum atomic E-state index is 11.0. The molecule has 2 rings (SSSR count). The Hall–Kier alpha value is -2.49. The molecule has 2 aromatic rings. The summed E-state index contributed by atoms with van der Waals surface area (Å²) < 4.78 is 0. The van der Waals surface area contributed by atoms with E-state index < -0.39 is 5.97 Å². The molecule has 0 amide bonds. The number of para-hydroxylation sites is 1. The number of carboxylic acid groups (broad SMARTS) is 1. The lowest BCUT2D eigenvalue weighted by molar-refractivity contribution is 0.0698. The van der Waals surface area contributed by atoms with Crippen molar-refractivity contribution in [1.82, 2.24) is 0 Å². The molecule has 0 bridgehead atoms. The largest absolute Gasteiger partial charge is 0.478 e. The Morgan fingerprint density at radius 3 is 2.68 bits per heavy atom. The van der Waals surface area contributed by atoms with Gasteiger partial charge in [-0.25, -0.2) is 4.79 Å². The van der Waals surface area contributed by atoms with Gasteiger partial charge in [-0.1, -0.05) is 35.9 Å². The zero-order chi connectivity index (χ0) is 13.8. The minimum absolute atomic E-state index is 0.120. The highest BCUT2D eigenvalue weighted by Gasteiger charge is 2.10. The van der Waals surface area contributed by atoms with Crippen molar-refractivity contribution in [2.45, 2.75) is 13.5 Å². The molecule has 0 aromatic heterocycles. The van der Waals surface area contributed by atoms with E-state index in [9.17, 15) is 4.79 Å². The van der Waals surface area contributed by atoms with E-state index in [1.54, 1.807) is 12.1 Å². The Morgan fingerprint density at radius 1 is 1.26 bits per heavy atom. The minimum atomic E-state index is -1.02. The van der Waals surface area contributed by atoms with Crippen LogP contribution < -0.4 is 11.1 Å². The molecular weight excluding hydrogens is 240 g/mol. The average molecular weight is 256 g/mol. The van der Waals surface area contributed by atoms with Gasteiger partial charge in [-0.15, -0.1) is 0 Å². The normalized spacial score (nSPS) is 10.2. The molecule has 0 fully saturated rings. The van der Waals surface area contributed by atoms with Crippen LogP contribution in [0.15, 0.2) is 42.5 Å². The van der Waals surface area contributed by atoms with Crippen LogP contribution in [0, 0.1) is 6.92 Å². The zero-order valence-electron chi connectivity index (χ0n) is 10.7. The summed E-state index contributed by atoms with van der Waals surface area (Å²) in [6.45, 7) is 2.64. The first-order chi connectivity index (χ1) is 9.08. The quantitative estimate of drug-likeness (QED) is 0.735. The summed E-state index contributed by atoms with van der Waals surface area (Å²) in [5.74, 6) is -1.02. The van der Waals surface area contributed by atoms with Crippen LogP contribution >= 0.6 is 0 Å². The Morgan fingerprint density at radius 2 is 2.00 bits per heavy atom. The van der Waals surface area contributed by atoms with Gasteiger partial charge in [-0.2, -0.15) is 0 Å². The molecule has 98 valence electrons. The van der Waals surface area contributed by atoms with Crippen LogP contribution in [-0.2, 0) is 6.54 Å². The highest BCUT2D eigenvalue weighted by molar-refractivity contribution is 5.97. The molecule has 0 radical (unpaired) electrons. The predicted molar refractivity (Wildman–Crippen MR) is 76.3 cm³/mol. The summed E-state index contributed by atoms with van der Waals surface area (Å²) in [6, 6.07) is 13.1. The number of carboxylic acids is 1. The highest BCUT2D eigenvalue weighted by atomic mass is 16.4. The third-order valence-electron chi connectivity index (χ3n) is 2.90. The lowest BCUT2D eigenvalue weighted by atomic mass is 10.1. The summed E-state index contributed by atoms with van der Waals surface area (Å²) in [7, 11) is 0. The van der Waals surface area contributed by atoms with Crippen LogP contribution in [0.4, 0.5) is 11.4 Å². The lowest BCUT2D eigenvalue weighted by Crippen LogP contribution is -2.07. The smallest absolute Gasteiger partial charge is 0.337 e. The fraction of sp³-hybridized carbons (Fsp3) is 0.133. The van der Waals surface area contributed by atoms with E-state index in [0.29, 0.717) is 12.2 Å². The molecular formula is C15H16N2O2. The first-order valence-corrected chi connectivity index (χ1v) is 5.99. The van der Waals surface area contributed by atoms with E-state index >= 15 is 0 Å². The third kappa shape index (κ3) is 3.04. The number of benzene rings is 2. The summed E-state index contributed by atoms with van der Waals surface area (Å²) >= 11 is 0. The number of nitrogens with one attached hydrogen (secondary N) is 1. The third-order valence-corrected chi connectivity index (χ3v) is 2.90. The van der Waals surface area contributed by atoms with Crippen molar-refractivity contribution in [1.29, 1.82) is 0 Å². The predicted octanol–water partition coefficient (Wildman–Crippen LogP) is 2.89. The number of aromatic carboxylic acids is 1. The van der Waals surface area contributed by atoms with E-state index in [-0.39, 0.29) is 11.3 Å². The number of hydrogen-bond donors (Lipinski definition) is 3. The number of nitrogens with two attached hydrogens (primary N) is 1. The molecule has 0 heterocycles. The van der Waals surface area contributed by atoms with Gasteiger partial charge in [0.05, 0.1) is 16.9 Å². The van der Waals surface area contributed by atoms with Gasteiger partial charge in [0.25, 0.3) is 0 Å². The SMILES string of the molecule is Cc1cccc(CNc2cccc(C(=O)O)c2N)c1. The van der Waals surface area contributed by atoms with Crippen molar-refractivity contribution in [3.63, 3.8) is 0 Å². The van der Waals surface area contributed by atoms with E-state index in [1.807, 2.05) is 25.1 Å². The maximum absolute atomic E-state index is 11.0. The van der Waals surface area contributed by atoms with E-state index in [0.717, 1.165) is 5.56 Å². The highest BCUT2D eigenvalue weighted by Crippen LogP contribution is 2.23. The molecule has 0 saturated heterocycles. The fourth-order valence-corrected chi connectivity index (χ4v) is 1.93. The van der Waals surface area contributed by atoms with Crippen molar-refractivity contribution in [2.24, 2.45) is 0 Å².